The Balaban J connectivity index is 1.42. The summed E-state index contributed by atoms with van der Waals surface area (Å²) in [7, 11) is 0. The zero-order valence-corrected chi connectivity index (χ0v) is 27.9. The summed E-state index contributed by atoms with van der Waals surface area (Å²) in [5.41, 5.74) is 3.78. The van der Waals surface area contributed by atoms with Crippen molar-refractivity contribution in [2.45, 2.75) is 57.8 Å². The number of pyridine rings is 1. The lowest BCUT2D eigenvalue weighted by Gasteiger charge is -2.40. The standard InChI is InChI=1S/C40H43F3N4O2/c1-2-3-5-8-31-11-13-34(14-12-31)30-47(38(48)20-17-32-15-18-35(19-16-32)40(41,42)43)37(29-33-9-6-4-7-10-33)39(49)46-27-25-45(26-28-46)36-21-23-44-24-22-36/h4,6-7,9-24,37H,2-3,5,8,25-30H2,1H3/b20-17+/t37-/m0/s1. The minimum absolute atomic E-state index is 0.134. The highest BCUT2D eigenvalue weighted by Gasteiger charge is 2.34. The lowest BCUT2D eigenvalue weighted by Crippen LogP contribution is -2.56. The van der Waals surface area contributed by atoms with Gasteiger partial charge in [-0.05, 0) is 65.4 Å². The van der Waals surface area contributed by atoms with Crippen LogP contribution in [0.1, 0.15) is 54.0 Å². The van der Waals surface area contributed by atoms with Gasteiger partial charge < -0.3 is 14.7 Å². The van der Waals surface area contributed by atoms with E-state index in [2.05, 4.69) is 28.9 Å². The van der Waals surface area contributed by atoms with E-state index in [9.17, 15) is 22.8 Å². The van der Waals surface area contributed by atoms with Crippen LogP contribution in [-0.4, -0.2) is 58.8 Å². The molecule has 1 fully saturated rings. The number of anilines is 1. The molecule has 0 spiro atoms. The second-order valence-corrected chi connectivity index (χ2v) is 12.4. The molecule has 9 heteroatoms. The van der Waals surface area contributed by atoms with E-state index in [1.165, 1.54) is 29.8 Å². The topological polar surface area (TPSA) is 56.8 Å². The fourth-order valence-electron chi connectivity index (χ4n) is 6.09. The first-order chi connectivity index (χ1) is 23.7. The number of piperazine rings is 1. The molecule has 1 aliphatic heterocycles. The van der Waals surface area contributed by atoms with Crippen molar-refractivity contribution < 1.29 is 22.8 Å². The molecule has 6 nitrogen and oxygen atoms in total. The van der Waals surface area contributed by atoms with Gasteiger partial charge in [-0.3, -0.25) is 14.6 Å². The number of unbranched alkanes of at least 4 members (excludes halogenated alkanes) is 2. The van der Waals surface area contributed by atoms with Gasteiger partial charge in [0, 0.05) is 63.3 Å². The number of hydrogen-bond acceptors (Lipinski definition) is 4. The molecule has 2 amide bonds. The Morgan fingerprint density at radius 1 is 0.816 bits per heavy atom. The van der Waals surface area contributed by atoms with Crippen molar-refractivity contribution in [3.63, 3.8) is 0 Å². The Morgan fingerprint density at radius 2 is 1.47 bits per heavy atom. The number of aromatic nitrogens is 1. The molecule has 0 bridgehead atoms. The zero-order chi connectivity index (χ0) is 34.6. The highest BCUT2D eigenvalue weighted by molar-refractivity contribution is 5.96. The van der Waals surface area contributed by atoms with E-state index in [0.717, 1.165) is 54.6 Å². The van der Waals surface area contributed by atoms with Gasteiger partial charge in [0.25, 0.3) is 0 Å². The molecule has 1 aliphatic rings. The molecule has 0 saturated carbocycles. The van der Waals surface area contributed by atoms with E-state index in [-0.39, 0.29) is 12.5 Å². The lowest BCUT2D eigenvalue weighted by atomic mass is 10.0. The Morgan fingerprint density at radius 3 is 2.10 bits per heavy atom. The van der Waals surface area contributed by atoms with Gasteiger partial charge in [-0.15, -0.1) is 0 Å². The maximum Gasteiger partial charge on any atom is 0.416 e. The summed E-state index contributed by atoms with van der Waals surface area (Å²) in [5, 5.41) is 0. The van der Waals surface area contributed by atoms with E-state index in [1.54, 1.807) is 17.3 Å². The number of nitrogens with zero attached hydrogens (tertiary/aromatic N) is 4. The van der Waals surface area contributed by atoms with Gasteiger partial charge in [-0.2, -0.15) is 13.2 Å². The molecule has 1 saturated heterocycles. The molecule has 5 rings (SSSR count). The molecule has 0 radical (unpaired) electrons. The maximum absolute atomic E-state index is 14.5. The molecule has 1 aromatic heterocycles. The van der Waals surface area contributed by atoms with Crippen molar-refractivity contribution in [3.8, 4) is 0 Å². The number of aryl methyl sites for hydroxylation is 1. The highest BCUT2D eigenvalue weighted by Crippen LogP contribution is 2.29. The Hall–Kier alpha value is -4.92. The third kappa shape index (κ3) is 10.0. The summed E-state index contributed by atoms with van der Waals surface area (Å²) >= 11 is 0. The quantitative estimate of drug-likeness (QED) is 0.108. The van der Waals surface area contributed by atoms with Crippen LogP contribution >= 0.6 is 0 Å². The molecule has 0 N–H and O–H groups in total. The number of carbonyl (C=O) groups excluding carboxylic acids is 2. The number of hydrogen-bond donors (Lipinski definition) is 0. The van der Waals surface area contributed by atoms with Gasteiger partial charge in [0.15, 0.2) is 0 Å². The Labute approximate surface area is 286 Å². The average Bonchev–Trinajstić information content (AvgIpc) is 3.13. The first kappa shape index (κ1) is 35.4. The van der Waals surface area contributed by atoms with Crippen LogP contribution in [0.4, 0.5) is 18.9 Å². The highest BCUT2D eigenvalue weighted by atomic mass is 19.4. The molecule has 0 aliphatic carbocycles. The number of benzene rings is 3. The second-order valence-electron chi connectivity index (χ2n) is 12.4. The predicted octanol–water partition coefficient (Wildman–Crippen LogP) is 7.84. The molecule has 3 aromatic carbocycles. The van der Waals surface area contributed by atoms with Crippen molar-refractivity contribution >= 4 is 23.6 Å². The van der Waals surface area contributed by atoms with E-state index in [1.807, 2.05) is 59.5 Å². The summed E-state index contributed by atoms with van der Waals surface area (Å²) in [4.78, 5) is 38.3. The molecule has 2 heterocycles. The van der Waals surface area contributed by atoms with Crippen LogP contribution in [0.5, 0.6) is 0 Å². The van der Waals surface area contributed by atoms with Gasteiger partial charge in [-0.25, -0.2) is 0 Å². The van der Waals surface area contributed by atoms with Crippen molar-refractivity contribution in [2.24, 2.45) is 0 Å². The molecule has 1 atom stereocenters. The molecule has 4 aromatic rings. The maximum atomic E-state index is 14.5. The minimum atomic E-state index is -4.45. The Bertz CT molecular complexity index is 1650. The lowest BCUT2D eigenvalue weighted by molar-refractivity contribution is -0.144. The van der Waals surface area contributed by atoms with Crippen LogP contribution in [0.25, 0.3) is 6.08 Å². The SMILES string of the molecule is CCCCCc1ccc(CN(C(=O)/C=C/c2ccc(C(F)(F)F)cc2)[C@@H](Cc2ccccc2)C(=O)N2CCN(c3ccncc3)CC2)cc1. The van der Waals surface area contributed by atoms with Gasteiger partial charge in [0.1, 0.15) is 6.04 Å². The van der Waals surface area contributed by atoms with Crippen LogP contribution in [0.2, 0.25) is 0 Å². The molecule has 0 unspecified atom stereocenters. The van der Waals surface area contributed by atoms with Crippen LogP contribution in [0.3, 0.4) is 0 Å². The van der Waals surface area contributed by atoms with Crippen molar-refractivity contribution in [2.75, 3.05) is 31.1 Å². The third-order valence-corrected chi connectivity index (χ3v) is 8.94. The average molecular weight is 669 g/mol. The summed E-state index contributed by atoms with van der Waals surface area (Å²) in [6.07, 6.45) is 6.63. The monoisotopic (exact) mass is 668 g/mol. The third-order valence-electron chi connectivity index (χ3n) is 8.94. The second kappa shape index (κ2) is 17.0. The van der Waals surface area contributed by atoms with E-state index in [4.69, 9.17) is 0 Å². The zero-order valence-electron chi connectivity index (χ0n) is 27.9. The summed E-state index contributed by atoms with van der Waals surface area (Å²) < 4.78 is 39.4. The Kier molecular flexibility index (Phi) is 12.2. The van der Waals surface area contributed by atoms with Gasteiger partial charge in [0.05, 0.1) is 5.56 Å². The smallest absolute Gasteiger partial charge is 0.368 e. The predicted molar refractivity (Wildman–Crippen MR) is 188 cm³/mol. The normalized spacial score (nSPS) is 14.2. The number of rotatable bonds is 13. The van der Waals surface area contributed by atoms with Crippen LogP contribution in [0, 0.1) is 0 Å². The van der Waals surface area contributed by atoms with E-state index < -0.39 is 23.7 Å². The number of carbonyl (C=O) groups is 2. The van der Waals surface area contributed by atoms with Crippen molar-refractivity contribution in [1.29, 1.82) is 0 Å². The van der Waals surface area contributed by atoms with E-state index in [0.29, 0.717) is 38.2 Å². The van der Waals surface area contributed by atoms with Crippen LogP contribution in [-0.2, 0) is 35.2 Å². The molecule has 256 valence electrons. The minimum Gasteiger partial charge on any atom is -0.368 e. The van der Waals surface area contributed by atoms with Crippen molar-refractivity contribution in [3.05, 3.63) is 137 Å². The van der Waals surface area contributed by atoms with Crippen LogP contribution < -0.4 is 4.90 Å². The van der Waals surface area contributed by atoms with E-state index >= 15 is 0 Å². The summed E-state index contributed by atoms with van der Waals surface area (Å²) in [6, 6.07) is 25.6. The van der Waals surface area contributed by atoms with Gasteiger partial charge in [0.2, 0.25) is 11.8 Å². The fourth-order valence-corrected chi connectivity index (χ4v) is 6.09. The number of amides is 2. The van der Waals surface area contributed by atoms with Crippen molar-refractivity contribution in [1.82, 2.24) is 14.8 Å². The van der Waals surface area contributed by atoms with Crippen LogP contribution in [0.15, 0.2) is 109 Å². The number of alkyl halides is 3. The molecular formula is C40H43F3N4O2. The first-order valence-electron chi connectivity index (χ1n) is 16.9. The first-order valence-corrected chi connectivity index (χ1v) is 16.9. The fraction of sp³-hybridized carbons (Fsp3) is 0.325. The number of halogens is 3. The summed E-state index contributed by atoms with van der Waals surface area (Å²) in [6.45, 7) is 4.68. The van der Waals surface area contributed by atoms with Gasteiger partial charge >= 0.3 is 6.18 Å². The van der Waals surface area contributed by atoms with Gasteiger partial charge in [-0.1, -0.05) is 86.5 Å². The summed E-state index contributed by atoms with van der Waals surface area (Å²) in [5.74, 6) is -0.526. The molecule has 49 heavy (non-hydrogen) atoms. The molecular weight excluding hydrogens is 625 g/mol. The largest absolute Gasteiger partial charge is 0.416 e.